The monoisotopic (exact) mass is 251 g/mol. The number of ether oxygens (including phenoxy) is 1. The summed E-state index contributed by atoms with van der Waals surface area (Å²) < 4.78 is 23.1. The van der Waals surface area contributed by atoms with Gasteiger partial charge in [0, 0.05) is 6.07 Å². The molecule has 0 spiro atoms. The van der Waals surface area contributed by atoms with Gasteiger partial charge in [0.25, 0.3) is 0 Å². The first-order chi connectivity index (χ1) is 8.54. The number of nitrogen functional groups attached to an aromatic ring is 1. The van der Waals surface area contributed by atoms with Gasteiger partial charge < -0.3 is 14.9 Å². The van der Waals surface area contributed by atoms with Crippen molar-refractivity contribution in [2.75, 3.05) is 12.3 Å². The molecule has 0 aliphatic rings. The number of benzene rings is 1. The van der Waals surface area contributed by atoms with Crippen LogP contribution in [0.25, 0.3) is 11.0 Å². The van der Waals surface area contributed by atoms with Gasteiger partial charge in [0.15, 0.2) is 11.0 Å². The van der Waals surface area contributed by atoms with Crippen LogP contribution in [-0.4, -0.2) is 12.6 Å². The second-order valence-corrected chi connectivity index (χ2v) is 3.53. The predicted octanol–water partition coefficient (Wildman–Crippen LogP) is 1.69. The van der Waals surface area contributed by atoms with E-state index in [0.717, 1.165) is 12.1 Å². The van der Waals surface area contributed by atoms with Crippen molar-refractivity contribution in [2.45, 2.75) is 6.92 Å². The molecule has 0 saturated carbocycles. The number of hydrogen-bond donors (Lipinski definition) is 1. The number of rotatable bonds is 2. The molecule has 0 bridgehead atoms. The van der Waals surface area contributed by atoms with Crippen LogP contribution < -0.4 is 11.2 Å². The van der Waals surface area contributed by atoms with Crippen molar-refractivity contribution in [1.82, 2.24) is 0 Å². The van der Waals surface area contributed by atoms with Crippen molar-refractivity contribution in [3.05, 3.63) is 40.0 Å². The molecule has 0 atom stereocenters. The van der Waals surface area contributed by atoms with Crippen molar-refractivity contribution in [3.63, 3.8) is 0 Å². The maximum absolute atomic E-state index is 13.3. The maximum Gasteiger partial charge on any atom is 0.374 e. The van der Waals surface area contributed by atoms with Crippen molar-refractivity contribution < 1.29 is 18.3 Å². The molecule has 0 aliphatic heterocycles. The first-order valence-corrected chi connectivity index (χ1v) is 5.23. The largest absolute Gasteiger partial charge is 0.460 e. The highest BCUT2D eigenvalue weighted by Crippen LogP contribution is 2.22. The lowest BCUT2D eigenvalue weighted by Crippen LogP contribution is -2.11. The molecule has 2 aromatic rings. The first kappa shape index (κ1) is 12.1. The summed E-state index contributed by atoms with van der Waals surface area (Å²) in [5.74, 6) is -1.81. The fraction of sp³-hybridized carbons (Fsp3) is 0.167. The van der Waals surface area contributed by atoms with Gasteiger partial charge in [-0.1, -0.05) is 0 Å². The number of fused-ring (bicyclic) bond motifs is 1. The minimum absolute atomic E-state index is 0.113. The molecule has 0 amide bonds. The summed E-state index contributed by atoms with van der Waals surface area (Å²) in [6.07, 6.45) is 0. The second-order valence-electron chi connectivity index (χ2n) is 3.53. The van der Waals surface area contributed by atoms with Gasteiger partial charge in [0.05, 0.1) is 12.0 Å². The lowest BCUT2D eigenvalue weighted by Gasteiger charge is -2.05. The van der Waals surface area contributed by atoms with E-state index in [1.165, 1.54) is 6.07 Å². The molecule has 5 nitrogen and oxygen atoms in total. The highest BCUT2D eigenvalue weighted by Gasteiger charge is 2.16. The molecule has 94 valence electrons. The van der Waals surface area contributed by atoms with E-state index in [1.807, 2.05) is 0 Å². The van der Waals surface area contributed by atoms with Gasteiger partial charge in [-0.05, 0) is 19.1 Å². The van der Waals surface area contributed by atoms with Crippen LogP contribution in [0.15, 0.2) is 27.4 Å². The lowest BCUT2D eigenvalue weighted by molar-refractivity contribution is 0.0490. The number of hydrogen-bond acceptors (Lipinski definition) is 5. The number of nitrogens with two attached hydrogens (primary N) is 1. The zero-order valence-corrected chi connectivity index (χ0v) is 9.53. The van der Waals surface area contributed by atoms with Gasteiger partial charge in [-0.25, -0.2) is 9.18 Å². The standard InChI is InChI=1S/C12H10FNO4/c1-2-17-12(16)9-5-8(15)6-3-4-7(13)10(14)11(6)18-9/h3-5H,2,14H2,1H3. The summed E-state index contributed by atoms with van der Waals surface area (Å²) in [7, 11) is 0. The minimum Gasteiger partial charge on any atom is -0.460 e. The Hall–Kier alpha value is -2.37. The molecule has 0 unspecified atom stereocenters. The molecular formula is C12H10FNO4. The fourth-order valence-electron chi connectivity index (χ4n) is 1.52. The quantitative estimate of drug-likeness (QED) is 0.648. The van der Waals surface area contributed by atoms with Gasteiger partial charge in [0.1, 0.15) is 11.5 Å². The highest BCUT2D eigenvalue weighted by molar-refractivity contribution is 5.92. The topological polar surface area (TPSA) is 82.5 Å². The van der Waals surface area contributed by atoms with Crippen LogP contribution in [0.3, 0.4) is 0 Å². The van der Waals surface area contributed by atoms with E-state index in [0.29, 0.717) is 0 Å². The Morgan fingerprint density at radius 2 is 2.22 bits per heavy atom. The van der Waals surface area contributed by atoms with E-state index in [-0.39, 0.29) is 29.0 Å². The molecule has 1 aromatic heterocycles. The lowest BCUT2D eigenvalue weighted by atomic mass is 10.2. The summed E-state index contributed by atoms with van der Waals surface area (Å²) >= 11 is 0. The van der Waals surface area contributed by atoms with Crippen LogP contribution in [0, 0.1) is 5.82 Å². The Bertz CT molecular complexity index is 678. The Morgan fingerprint density at radius 3 is 2.89 bits per heavy atom. The molecule has 6 heteroatoms. The third-order valence-electron chi connectivity index (χ3n) is 2.36. The molecule has 0 fully saturated rings. The maximum atomic E-state index is 13.3. The second kappa shape index (κ2) is 4.48. The number of esters is 1. The molecule has 0 radical (unpaired) electrons. The highest BCUT2D eigenvalue weighted by atomic mass is 19.1. The third-order valence-corrected chi connectivity index (χ3v) is 2.36. The van der Waals surface area contributed by atoms with Gasteiger partial charge >= 0.3 is 5.97 Å². The van der Waals surface area contributed by atoms with Crippen LogP contribution in [0.1, 0.15) is 17.5 Å². The number of anilines is 1. The normalized spacial score (nSPS) is 10.6. The minimum atomic E-state index is -0.792. The van der Waals surface area contributed by atoms with Gasteiger partial charge in [0.2, 0.25) is 5.76 Å². The third kappa shape index (κ3) is 1.92. The van der Waals surface area contributed by atoms with Crippen LogP contribution in [0.5, 0.6) is 0 Å². The van der Waals surface area contributed by atoms with Crippen LogP contribution >= 0.6 is 0 Å². The zero-order chi connectivity index (χ0) is 13.3. The molecule has 0 saturated heterocycles. The summed E-state index contributed by atoms with van der Waals surface area (Å²) in [6, 6.07) is 3.32. The Morgan fingerprint density at radius 1 is 1.50 bits per heavy atom. The van der Waals surface area contributed by atoms with Crippen molar-refractivity contribution >= 4 is 22.6 Å². The average Bonchev–Trinajstić information content (AvgIpc) is 2.34. The van der Waals surface area contributed by atoms with Crippen molar-refractivity contribution in [1.29, 1.82) is 0 Å². The van der Waals surface area contributed by atoms with Crippen molar-refractivity contribution in [3.8, 4) is 0 Å². The van der Waals surface area contributed by atoms with Gasteiger partial charge in [-0.2, -0.15) is 0 Å². The van der Waals surface area contributed by atoms with E-state index < -0.39 is 17.2 Å². The van der Waals surface area contributed by atoms with E-state index in [9.17, 15) is 14.0 Å². The van der Waals surface area contributed by atoms with Gasteiger partial charge in [-0.3, -0.25) is 4.79 Å². The molecular weight excluding hydrogens is 241 g/mol. The Kier molecular flexibility index (Phi) is 3.01. The summed E-state index contributed by atoms with van der Waals surface area (Å²) in [5, 5.41) is 0.113. The van der Waals surface area contributed by atoms with E-state index >= 15 is 0 Å². The van der Waals surface area contributed by atoms with E-state index in [4.69, 9.17) is 14.9 Å². The van der Waals surface area contributed by atoms with Gasteiger partial charge in [-0.15, -0.1) is 0 Å². The Labute approximate surface area is 101 Å². The number of carbonyl (C=O) groups is 1. The number of carbonyl (C=O) groups excluding carboxylic acids is 1. The van der Waals surface area contributed by atoms with Crippen LogP contribution in [0.2, 0.25) is 0 Å². The first-order valence-electron chi connectivity index (χ1n) is 5.23. The molecule has 2 rings (SSSR count). The molecule has 1 aromatic carbocycles. The summed E-state index contributed by atoms with van der Waals surface area (Å²) in [5.41, 5.74) is 4.53. The SMILES string of the molecule is CCOC(=O)c1cc(=O)c2ccc(F)c(N)c2o1. The summed E-state index contributed by atoms with van der Waals surface area (Å²) in [4.78, 5) is 23.2. The molecule has 0 aliphatic carbocycles. The molecule has 1 heterocycles. The van der Waals surface area contributed by atoms with E-state index in [2.05, 4.69) is 0 Å². The molecule has 18 heavy (non-hydrogen) atoms. The van der Waals surface area contributed by atoms with Crippen LogP contribution in [0.4, 0.5) is 10.1 Å². The average molecular weight is 251 g/mol. The summed E-state index contributed by atoms with van der Waals surface area (Å²) in [6.45, 7) is 1.75. The Balaban J connectivity index is 2.71. The fourth-order valence-corrected chi connectivity index (χ4v) is 1.52. The van der Waals surface area contributed by atoms with E-state index in [1.54, 1.807) is 6.92 Å². The zero-order valence-electron chi connectivity index (χ0n) is 9.53. The number of halogens is 1. The van der Waals surface area contributed by atoms with Crippen molar-refractivity contribution in [2.24, 2.45) is 0 Å². The predicted molar refractivity (Wildman–Crippen MR) is 62.8 cm³/mol. The van der Waals surface area contributed by atoms with Crippen LogP contribution in [-0.2, 0) is 4.74 Å². The molecule has 2 N–H and O–H groups in total. The smallest absolute Gasteiger partial charge is 0.374 e.